The third kappa shape index (κ3) is 1.74. The highest BCUT2D eigenvalue weighted by atomic mass is 16.3. The molecule has 0 amide bonds. The summed E-state index contributed by atoms with van der Waals surface area (Å²) in [7, 11) is 0. The molecule has 0 aromatic carbocycles. The van der Waals surface area contributed by atoms with Crippen LogP contribution in [0.2, 0.25) is 0 Å². The van der Waals surface area contributed by atoms with Crippen LogP contribution in [-0.4, -0.2) is 43.9 Å². The second kappa shape index (κ2) is 3.96. The van der Waals surface area contributed by atoms with E-state index in [4.69, 9.17) is 0 Å². The zero-order valence-electron chi connectivity index (χ0n) is 9.69. The van der Waals surface area contributed by atoms with Gasteiger partial charge in [-0.25, -0.2) is 4.98 Å². The van der Waals surface area contributed by atoms with E-state index in [2.05, 4.69) is 27.0 Å². The number of hydrogen-bond donors (Lipinski definition) is 1. The van der Waals surface area contributed by atoms with E-state index < -0.39 is 0 Å². The van der Waals surface area contributed by atoms with E-state index in [-0.39, 0.29) is 6.10 Å². The van der Waals surface area contributed by atoms with Gasteiger partial charge in [-0.1, -0.05) is 6.92 Å². The Morgan fingerprint density at radius 2 is 2.35 bits per heavy atom. The fourth-order valence-electron chi connectivity index (χ4n) is 2.21. The summed E-state index contributed by atoms with van der Waals surface area (Å²) >= 11 is 0. The lowest BCUT2D eigenvalue weighted by Crippen LogP contribution is -2.43. The van der Waals surface area contributed by atoms with E-state index in [1.807, 2.05) is 10.6 Å². The molecule has 90 valence electrons. The molecule has 0 aliphatic carbocycles. The number of rotatable bonds is 1. The molecule has 6 nitrogen and oxygen atoms in total. The van der Waals surface area contributed by atoms with Gasteiger partial charge in [-0.2, -0.15) is 0 Å². The zero-order chi connectivity index (χ0) is 11.8. The van der Waals surface area contributed by atoms with Crippen molar-refractivity contribution in [2.24, 2.45) is 5.92 Å². The number of fused-ring (bicyclic) bond motifs is 1. The number of hydrogen-bond acceptors (Lipinski definition) is 5. The molecule has 0 saturated carbocycles. The van der Waals surface area contributed by atoms with Gasteiger partial charge in [-0.05, 0) is 12.3 Å². The molecule has 2 unspecified atom stereocenters. The van der Waals surface area contributed by atoms with Gasteiger partial charge >= 0.3 is 0 Å². The van der Waals surface area contributed by atoms with Gasteiger partial charge in [0.05, 0.1) is 6.10 Å². The van der Waals surface area contributed by atoms with Gasteiger partial charge in [-0.15, -0.1) is 10.2 Å². The van der Waals surface area contributed by atoms with Crippen LogP contribution in [0.5, 0.6) is 0 Å². The summed E-state index contributed by atoms with van der Waals surface area (Å²) in [5.74, 6) is 1.15. The first-order valence-corrected chi connectivity index (χ1v) is 5.83. The summed E-state index contributed by atoms with van der Waals surface area (Å²) in [6.07, 6.45) is 5.88. The first-order valence-electron chi connectivity index (χ1n) is 5.83. The average molecular weight is 233 g/mol. The van der Waals surface area contributed by atoms with Crippen molar-refractivity contribution < 1.29 is 5.11 Å². The summed E-state index contributed by atoms with van der Waals surface area (Å²) in [4.78, 5) is 6.43. The largest absolute Gasteiger partial charge is 0.391 e. The topological polar surface area (TPSA) is 66.6 Å². The molecule has 0 bridgehead atoms. The molecular formula is C11H15N5O. The minimum absolute atomic E-state index is 0.297. The molecule has 6 heteroatoms. The Morgan fingerprint density at radius 1 is 1.47 bits per heavy atom. The fourth-order valence-corrected chi connectivity index (χ4v) is 2.21. The van der Waals surface area contributed by atoms with Gasteiger partial charge in [0, 0.05) is 25.5 Å². The van der Waals surface area contributed by atoms with Crippen LogP contribution in [0.4, 0.5) is 5.82 Å². The van der Waals surface area contributed by atoms with Crippen LogP contribution in [0, 0.1) is 5.92 Å². The monoisotopic (exact) mass is 233 g/mol. The van der Waals surface area contributed by atoms with Crippen molar-refractivity contribution in [3.8, 4) is 0 Å². The molecule has 1 N–H and O–H groups in total. The molecule has 1 saturated heterocycles. The van der Waals surface area contributed by atoms with E-state index in [0.29, 0.717) is 12.5 Å². The molecule has 0 radical (unpaired) electrons. The van der Waals surface area contributed by atoms with Crippen molar-refractivity contribution in [3.05, 3.63) is 18.7 Å². The molecule has 1 aliphatic heterocycles. The molecule has 1 fully saturated rings. The maximum absolute atomic E-state index is 9.92. The molecule has 1 aliphatic rings. The normalized spacial score (nSPS) is 25.4. The molecule has 17 heavy (non-hydrogen) atoms. The van der Waals surface area contributed by atoms with Gasteiger partial charge in [0.1, 0.15) is 6.33 Å². The lowest BCUT2D eigenvalue weighted by atomic mass is 9.96. The van der Waals surface area contributed by atoms with Crippen molar-refractivity contribution in [1.82, 2.24) is 19.6 Å². The molecule has 2 atom stereocenters. The first-order chi connectivity index (χ1) is 8.25. The van der Waals surface area contributed by atoms with Crippen LogP contribution in [0.25, 0.3) is 5.65 Å². The maximum Gasteiger partial charge on any atom is 0.203 e. The third-order valence-electron chi connectivity index (χ3n) is 3.42. The van der Waals surface area contributed by atoms with Crippen molar-refractivity contribution in [3.63, 3.8) is 0 Å². The highest BCUT2D eigenvalue weighted by Gasteiger charge is 2.26. The van der Waals surface area contributed by atoms with Crippen LogP contribution in [0.15, 0.2) is 18.7 Å². The third-order valence-corrected chi connectivity index (χ3v) is 3.42. The number of anilines is 1. The highest BCUT2D eigenvalue weighted by molar-refractivity contribution is 5.63. The minimum Gasteiger partial charge on any atom is -0.391 e. The lowest BCUT2D eigenvalue weighted by molar-refractivity contribution is 0.102. The lowest BCUT2D eigenvalue weighted by Gasteiger charge is -2.34. The average Bonchev–Trinajstić information content (AvgIpc) is 2.80. The summed E-state index contributed by atoms with van der Waals surface area (Å²) in [5.41, 5.74) is 0.745. The van der Waals surface area contributed by atoms with Gasteiger partial charge in [0.15, 0.2) is 5.82 Å². The van der Waals surface area contributed by atoms with Crippen LogP contribution < -0.4 is 4.90 Å². The van der Waals surface area contributed by atoms with Crippen molar-refractivity contribution >= 4 is 11.5 Å². The summed E-state index contributed by atoms with van der Waals surface area (Å²) in [6, 6.07) is 0. The first kappa shape index (κ1) is 10.5. The van der Waals surface area contributed by atoms with Crippen LogP contribution >= 0.6 is 0 Å². The zero-order valence-corrected chi connectivity index (χ0v) is 9.69. The maximum atomic E-state index is 9.92. The SMILES string of the molecule is CC1CCN(c2nccn3cnnc23)CC1O. The number of β-amino-alcohol motifs (C(OH)–C–C–N with tert-alkyl or cyclic N) is 1. The van der Waals surface area contributed by atoms with Crippen LogP contribution in [0.1, 0.15) is 13.3 Å². The highest BCUT2D eigenvalue weighted by Crippen LogP contribution is 2.23. The van der Waals surface area contributed by atoms with Crippen molar-refractivity contribution in [1.29, 1.82) is 0 Å². The van der Waals surface area contributed by atoms with E-state index in [0.717, 1.165) is 24.4 Å². The predicted molar refractivity (Wildman–Crippen MR) is 62.8 cm³/mol. The van der Waals surface area contributed by atoms with Crippen LogP contribution in [-0.2, 0) is 0 Å². The second-order valence-corrected chi connectivity index (χ2v) is 4.59. The minimum atomic E-state index is -0.297. The van der Waals surface area contributed by atoms with Gasteiger partial charge < -0.3 is 10.0 Å². The smallest absolute Gasteiger partial charge is 0.203 e. The Hall–Kier alpha value is -1.69. The predicted octanol–water partition coefficient (Wildman–Crippen LogP) is 0.331. The van der Waals surface area contributed by atoms with E-state index in [1.54, 1.807) is 12.5 Å². The summed E-state index contributed by atoms with van der Waals surface area (Å²) in [6.45, 7) is 3.59. The summed E-state index contributed by atoms with van der Waals surface area (Å²) in [5, 5.41) is 17.9. The van der Waals surface area contributed by atoms with Crippen LogP contribution in [0.3, 0.4) is 0 Å². The number of aliphatic hydroxyl groups excluding tert-OH is 1. The Balaban J connectivity index is 1.96. The van der Waals surface area contributed by atoms with E-state index in [1.165, 1.54) is 0 Å². The molecule has 2 aromatic heterocycles. The Kier molecular flexibility index (Phi) is 2.44. The van der Waals surface area contributed by atoms with Gasteiger partial charge in [0.2, 0.25) is 5.65 Å². The van der Waals surface area contributed by atoms with Gasteiger partial charge in [0.25, 0.3) is 0 Å². The van der Waals surface area contributed by atoms with E-state index >= 15 is 0 Å². The van der Waals surface area contributed by atoms with E-state index in [9.17, 15) is 5.11 Å². The molecular weight excluding hydrogens is 218 g/mol. The number of piperidine rings is 1. The van der Waals surface area contributed by atoms with Crippen molar-refractivity contribution in [2.45, 2.75) is 19.4 Å². The number of nitrogens with zero attached hydrogens (tertiary/aromatic N) is 5. The molecule has 2 aromatic rings. The number of aromatic nitrogens is 4. The Bertz CT molecular complexity index is 525. The number of aliphatic hydroxyl groups is 1. The second-order valence-electron chi connectivity index (χ2n) is 4.59. The molecule has 3 heterocycles. The van der Waals surface area contributed by atoms with Crippen molar-refractivity contribution in [2.75, 3.05) is 18.0 Å². The quantitative estimate of drug-likeness (QED) is 0.769. The van der Waals surface area contributed by atoms with Gasteiger partial charge in [-0.3, -0.25) is 4.40 Å². The Labute approximate surface area is 98.9 Å². The molecule has 3 rings (SSSR count). The summed E-state index contributed by atoms with van der Waals surface area (Å²) < 4.78 is 1.84. The standard InChI is InChI=1S/C11H15N5O/c1-8-2-4-15(6-9(8)17)10-11-14-13-7-16(11)5-3-12-10/h3,5,7-9,17H,2,4,6H2,1H3. The Morgan fingerprint density at radius 3 is 3.18 bits per heavy atom. The molecule has 0 spiro atoms. The fraction of sp³-hybridized carbons (Fsp3) is 0.545.